The lowest BCUT2D eigenvalue weighted by Crippen LogP contribution is -2.16. The van der Waals surface area contributed by atoms with Gasteiger partial charge in [-0.1, -0.05) is 30.3 Å². The molecule has 0 saturated heterocycles. The first-order valence-corrected chi connectivity index (χ1v) is 6.81. The number of nitrogens with zero attached hydrogens (tertiary/aromatic N) is 2. The third-order valence-electron chi connectivity index (χ3n) is 3.26. The summed E-state index contributed by atoms with van der Waals surface area (Å²) in [7, 11) is 1.49. The summed E-state index contributed by atoms with van der Waals surface area (Å²) < 4.78 is 6.71. The van der Waals surface area contributed by atoms with Gasteiger partial charge in [0.05, 0.1) is 0 Å². The standard InChI is InChI=1S/C16H13N3O4/c1-17-15(20)12-7-8-13(23-12)19-9-11(16(21)22)14(18-19)10-5-3-2-4-6-10/h2-9H,1H3,(H,17,20)(H,21,22). The van der Waals surface area contributed by atoms with E-state index in [-0.39, 0.29) is 23.1 Å². The number of benzene rings is 1. The van der Waals surface area contributed by atoms with Gasteiger partial charge in [-0.25, -0.2) is 9.48 Å². The van der Waals surface area contributed by atoms with Gasteiger partial charge in [0.1, 0.15) is 11.3 Å². The first kappa shape index (κ1) is 14.6. The van der Waals surface area contributed by atoms with Crippen LogP contribution in [-0.2, 0) is 0 Å². The molecular weight excluding hydrogens is 298 g/mol. The first-order chi connectivity index (χ1) is 11.1. The maximum absolute atomic E-state index is 11.5. The maximum atomic E-state index is 11.5. The van der Waals surface area contributed by atoms with E-state index < -0.39 is 5.97 Å². The number of nitrogens with one attached hydrogen (secondary N) is 1. The molecule has 0 atom stereocenters. The van der Waals surface area contributed by atoms with Gasteiger partial charge >= 0.3 is 5.97 Å². The van der Waals surface area contributed by atoms with Gasteiger partial charge in [-0.15, -0.1) is 0 Å². The normalized spacial score (nSPS) is 10.5. The third kappa shape index (κ3) is 2.71. The molecule has 0 aliphatic rings. The molecule has 0 spiro atoms. The number of carboxylic acid groups (broad SMARTS) is 1. The molecule has 0 aliphatic heterocycles. The minimum absolute atomic E-state index is 0.0501. The van der Waals surface area contributed by atoms with Crippen LogP contribution in [-0.4, -0.2) is 33.8 Å². The van der Waals surface area contributed by atoms with Crippen LogP contribution in [0.3, 0.4) is 0 Å². The van der Waals surface area contributed by atoms with Crippen LogP contribution in [0.15, 0.2) is 53.1 Å². The zero-order chi connectivity index (χ0) is 16.4. The Morgan fingerprint density at radius 3 is 2.57 bits per heavy atom. The Balaban J connectivity index is 2.06. The number of carbonyl (C=O) groups excluding carboxylic acids is 1. The molecule has 7 heteroatoms. The van der Waals surface area contributed by atoms with E-state index in [0.717, 1.165) is 0 Å². The fourth-order valence-corrected chi connectivity index (χ4v) is 2.15. The van der Waals surface area contributed by atoms with Gasteiger partial charge in [0, 0.05) is 24.9 Å². The van der Waals surface area contributed by atoms with E-state index in [0.29, 0.717) is 11.3 Å². The van der Waals surface area contributed by atoms with Crippen molar-refractivity contribution in [3.05, 3.63) is 60.0 Å². The van der Waals surface area contributed by atoms with Gasteiger partial charge in [0.15, 0.2) is 5.76 Å². The molecule has 7 nitrogen and oxygen atoms in total. The molecule has 0 radical (unpaired) electrons. The fraction of sp³-hybridized carbons (Fsp3) is 0.0625. The van der Waals surface area contributed by atoms with Crippen LogP contribution in [0.25, 0.3) is 17.1 Å². The van der Waals surface area contributed by atoms with Crippen molar-refractivity contribution in [3.8, 4) is 17.1 Å². The molecule has 1 aromatic carbocycles. The summed E-state index contributed by atoms with van der Waals surface area (Å²) in [5.74, 6) is -1.08. The van der Waals surface area contributed by atoms with E-state index in [1.807, 2.05) is 6.07 Å². The van der Waals surface area contributed by atoms with Crippen molar-refractivity contribution in [3.63, 3.8) is 0 Å². The second-order valence-electron chi connectivity index (χ2n) is 4.72. The second kappa shape index (κ2) is 5.80. The van der Waals surface area contributed by atoms with Gasteiger partial charge < -0.3 is 14.8 Å². The molecule has 116 valence electrons. The average molecular weight is 311 g/mol. The molecule has 23 heavy (non-hydrogen) atoms. The minimum atomic E-state index is -1.09. The highest BCUT2D eigenvalue weighted by molar-refractivity contribution is 5.94. The van der Waals surface area contributed by atoms with Gasteiger partial charge in [-0.05, 0) is 6.07 Å². The molecule has 2 aromatic heterocycles. The topological polar surface area (TPSA) is 97.4 Å². The summed E-state index contributed by atoms with van der Waals surface area (Å²) in [5, 5.41) is 16.1. The number of carboxylic acids is 1. The number of carbonyl (C=O) groups is 2. The molecule has 0 aliphatic carbocycles. The lowest BCUT2D eigenvalue weighted by atomic mass is 10.1. The average Bonchev–Trinajstić information content (AvgIpc) is 3.21. The highest BCUT2D eigenvalue weighted by Gasteiger charge is 2.19. The van der Waals surface area contributed by atoms with Crippen LogP contribution >= 0.6 is 0 Å². The molecule has 2 heterocycles. The summed E-state index contributed by atoms with van der Waals surface area (Å²) in [6, 6.07) is 12.0. The van der Waals surface area contributed by atoms with Crippen LogP contribution in [0.5, 0.6) is 0 Å². The van der Waals surface area contributed by atoms with Gasteiger partial charge in [0.25, 0.3) is 5.91 Å². The largest absolute Gasteiger partial charge is 0.478 e. The Kier molecular flexibility index (Phi) is 3.68. The Labute approximate surface area is 131 Å². The predicted octanol–water partition coefficient (Wildman–Crippen LogP) is 2.19. The molecule has 3 aromatic rings. The zero-order valence-electron chi connectivity index (χ0n) is 12.2. The second-order valence-corrected chi connectivity index (χ2v) is 4.72. The molecule has 1 amide bonds. The van der Waals surface area contributed by atoms with Crippen LogP contribution in [0.4, 0.5) is 0 Å². The number of aromatic carboxylic acids is 1. The Bertz CT molecular complexity index is 865. The predicted molar refractivity (Wildman–Crippen MR) is 81.6 cm³/mol. The number of hydrogen-bond acceptors (Lipinski definition) is 4. The highest BCUT2D eigenvalue weighted by atomic mass is 16.4. The minimum Gasteiger partial charge on any atom is -0.478 e. The zero-order valence-corrected chi connectivity index (χ0v) is 12.2. The van der Waals surface area contributed by atoms with Crippen molar-refractivity contribution in [2.75, 3.05) is 7.05 Å². The smallest absolute Gasteiger partial charge is 0.339 e. The van der Waals surface area contributed by atoms with Crippen molar-refractivity contribution in [1.82, 2.24) is 15.1 Å². The summed E-state index contributed by atoms with van der Waals surface area (Å²) >= 11 is 0. The van der Waals surface area contributed by atoms with Crippen molar-refractivity contribution in [2.45, 2.75) is 0 Å². The molecule has 2 N–H and O–H groups in total. The summed E-state index contributed by atoms with van der Waals surface area (Å²) in [4.78, 5) is 23.0. The van der Waals surface area contributed by atoms with Crippen LogP contribution in [0, 0.1) is 0 Å². The Morgan fingerprint density at radius 1 is 1.17 bits per heavy atom. The number of furan rings is 1. The molecular formula is C16H13N3O4. The van der Waals surface area contributed by atoms with E-state index in [9.17, 15) is 14.7 Å². The van der Waals surface area contributed by atoms with Crippen molar-refractivity contribution in [2.24, 2.45) is 0 Å². The molecule has 0 unspecified atom stereocenters. The van der Waals surface area contributed by atoms with E-state index in [1.165, 1.54) is 24.0 Å². The van der Waals surface area contributed by atoms with Crippen molar-refractivity contribution < 1.29 is 19.1 Å². The molecule has 0 fully saturated rings. The Morgan fingerprint density at radius 2 is 1.91 bits per heavy atom. The van der Waals surface area contributed by atoms with Crippen molar-refractivity contribution >= 4 is 11.9 Å². The summed E-state index contributed by atoms with van der Waals surface area (Å²) in [6.07, 6.45) is 1.36. The monoisotopic (exact) mass is 311 g/mol. The van der Waals surface area contributed by atoms with E-state index >= 15 is 0 Å². The van der Waals surface area contributed by atoms with Crippen LogP contribution in [0.2, 0.25) is 0 Å². The lowest BCUT2D eigenvalue weighted by Gasteiger charge is -1.98. The molecule has 0 saturated carbocycles. The number of aromatic nitrogens is 2. The quantitative estimate of drug-likeness (QED) is 0.769. The third-order valence-corrected chi connectivity index (χ3v) is 3.26. The van der Waals surface area contributed by atoms with Gasteiger partial charge in [-0.2, -0.15) is 5.10 Å². The Hall–Kier alpha value is -3.35. The van der Waals surface area contributed by atoms with E-state index in [2.05, 4.69) is 10.4 Å². The first-order valence-electron chi connectivity index (χ1n) is 6.81. The molecule has 3 rings (SSSR count). The number of amides is 1. The summed E-state index contributed by atoms with van der Waals surface area (Å²) in [5.41, 5.74) is 1.06. The van der Waals surface area contributed by atoms with Crippen LogP contribution in [0.1, 0.15) is 20.9 Å². The maximum Gasteiger partial charge on any atom is 0.339 e. The SMILES string of the molecule is CNC(=O)c1ccc(-n2cc(C(=O)O)c(-c3ccccc3)n2)o1. The number of rotatable bonds is 4. The summed E-state index contributed by atoms with van der Waals surface area (Å²) in [6.45, 7) is 0. The number of hydrogen-bond donors (Lipinski definition) is 2. The van der Waals surface area contributed by atoms with Crippen LogP contribution < -0.4 is 5.32 Å². The lowest BCUT2D eigenvalue weighted by molar-refractivity contribution is 0.0697. The van der Waals surface area contributed by atoms with Gasteiger partial charge in [0.2, 0.25) is 5.88 Å². The van der Waals surface area contributed by atoms with Crippen molar-refractivity contribution in [1.29, 1.82) is 0 Å². The highest BCUT2D eigenvalue weighted by Crippen LogP contribution is 2.24. The van der Waals surface area contributed by atoms with E-state index in [4.69, 9.17) is 4.42 Å². The fourth-order valence-electron chi connectivity index (χ4n) is 2.15. The van der Waals surface area contributed by atoms with E-state index in [1.54, 1.807) is 30.3 Å². The molecule has 0 bridgehead atoms. The van der Waals surface area contributed by atoms with Gasteiger partial charge in [-0.3, -0.25) is 4.79 Å².